The predicted molar refractivity (Wildman–Crippen MR) is 82.5 cm³/mol. The summed E-state index contributed by atoms with van der Waals surface area (Å²) in [4.78, 5) is 10.7. The molecule has 2 rings (SSSR count). The lowest BCUT2D eigenvalue weighted by molar-refractivity contribution is -0.141. The Morgan fingerprint density at radius 3 is 2.43 bits per heavy atom. The third-order valence-electron chi connectivity index (χ3n) is 3.43. The lowest BCUT2D eigenvalue weighted by atomic mass is 9.98. The highest BCUT2D eigenvalue weighted by molar-refractivity contribution is 5.65. The molecule has 1 atom stereocenters. The van der Waals surface area contributed by atoms with E-state index in [1.54, 1.807) is 12.1 Å². The lowest BCUT2D eigenvalue weighted by Crippen LogP contribution is -2.04. The first-order valence-corrected chi connectivity index (χ1v) is 7.32. The van der Waals surface area contributed by atoms with Crippen molar-refractivity contribution in [3.63, 3.8) is 0 Å². The van der Waals surface area contributed by atoms with E-state index in [4.69, 9.17) is 9.47 Å². The molecule has 3 nitrogen and oxygen atoms in total. The summed E-state index contributed by atoms with van der Waals surface area (Å²) in [6.45, 7) is 3.78. The van der Waals surface area contributed by atoms with Gasteiger partial charge >= 0.3 is 5.97 Å². The molecule has 0 spiro atoms. The molecule has 0 heterocycles. The minimum atomic E-state index is -0.746. The maximum Gasteiger partial charge on any atom is 0.302 e. The molecule has 0 bridgehead atoms. The maximum absolute atomic E-state index is 13.5. The molecule has 0 fully saturated rings. The number of carbonyl (C=O) groups is 1. The molecule has 0 saturated carbocycles. The Bertz CT molecular complexity index is 668. The van der Waals surface area contributed by atoms with Gasteiger partial charge in [-0.05, 0) is 42.2 Å². The molecule has 5 heteroatoms. The Morgan fingerprint density at radius 1 is 1.13 bits per heavy atom. The van der Waals surface area contributed by atoms with Crippen molar-refractivity contribution < 1.29 is 23.0 Å². The van der Waals surface area contributed by atoms with E-state index in [9.17, 15) is 13.6 Å². The number of rotatable bonds is 6. The minimum absolute atomic E-state index is 0.0259. The molecule has 0 aliphatic rings. The highest BCUT2D eigenvalue weighted by Gasteiger charge is 2.09. The fourth-order valence-electron chi connectivity index (χ4n) is 2.10. The monoisotopic (exact) mass is 320 g/mol. The minimum Gasteiger partial charge on any atom is -0.466 e. The van der Waals surface area contributed by atoms with E-state index in [2.05, 4.69) is 0 Å². The molecule has 2 aromatic carbocycles. The third-order valence-corrected chi connectivity index (χ3v) is 3.43. The summed E-state index contributed by atoms with van der Waals surface area (Å²) in [7, 11) is 0. The Balaban J connectivity index is 1.97. The topological polar surface area (TPSA) is 35.5 Å². The highest BCUT2D eigenvalue weighted by atomic mass is 19.1. The summed E-state index contributed by atoms with van der Waals surface area (Å²) in [6, 6.07) is 10.4. The van der Waals surface area contributed by atoms with Gasteiger partial charge in [0.2, 0.25) is 0 Å². The van der Waals surface area contributed by atoms with Crippen LogP contribution >= 0.6 is 0 Å². The molecular weight excluding hydrogens is 302 g/mol. The summed E-state index contributed by atoms with van der Waals surface area (Å²) in [5, 5.41) is 0. The normalized spacial score (nSPS) is 11.8. The van der Waals surface area contributed by atoms with Gasteiger partial charge < -0.3 is 9.47 Å². The summed E-state index contributed by atoms with van der Waals surface area (Å²) >= 11 is 0. The maximum atomic E-state index is 13.5. The van der Waals surface area contributed by atoms with Crippen LogP contribution in [0.25, 0.3) is 0 Å². The second-order valence-corrected chi connectivity index (χ2v) is 5.28. The standard InChI is InChI=1S/C18H18F2O3/c1-12(9-10-22-13(2)21)14-3-6-16(7-4-14)23-18-8-5-15(19)11-17(18)20/h3-8,11-12H,9-10H2,1-2H3. The summed E-state index contributed by atoms with van der Waals surface area (Å²) in [5.41, 5.74) is 1.06. The van der Waals surface area contributed by atoms with Gasteiger partial charge in [-0.2, -0.15) is 0 Å². The first-order chi connectivity index (χ1) is 11.0. The Labute approximate surface area is 133 Å². The molecule has 23 heavy (non-hydrogen) atoms. The van der Waals surface area contributed by atoms with Crippen molar-refractivity contribution in [3.8, 4) is 11.5 Å². The number of benzene rings is 2. The van der Waals surface area contributed by atoms with Crippen LogP contribution in [0.3, 0.4) is 0 Å². The summed E-state index contributed by atoms with van der Waals surface area (Å²) in [5.74, 6) is -1.03. The molecule has 0 aliphatic carbocycles. The van der Waals surface area contributed by atoms with Crippen LogP contribution in [0.4, 0.5) is 8.78 Å². The average molecular weight is 320 g/mol. The highest BCUT2D eigenvalue weighted by Crippen LogP contribution is 2.27. The molecule has 0 N–H and O–H groups in total. The van der Waals surface area contributed by atoms with Crippen LogP contribution in [0.5, 0.6) is 11.5 Å². The van der Waals surface area contributed by atoms with Crippen LogP contribution in [0.1, 0.15) is 31.7 Å². The van der Waals surface area contributed by atoms with E-state index in [1.807, 2.05) is 19.1 Å². The van der Waals surface area contributed by atoms with E-state index in [0.29, 0.717) is 18.8 Å². The number of carbonyl (C=O) groups excluding carboxylic acids is 1. The molecule has 1 unspecified atom stereocenters. The molecule has 0 saturated heterocycles. The van der Waals surface area contributed by atoms with Crippen LogP contribution < -0.4 is 4.74 Å². The average Bonchev–Trinajstić information content (AvgIpc) is 2.50. The van der Waals surface area contributed by atoms with E-state index in [-0.39, 0.29) is 17.6 Å². The van der Waals surface area contributed by atoms with Crippen molar-refractivity contribution in [2.45, 2.75) is 26.2 Å². The Morgan fingerprint density at radius 2 is 1.83 bits per heavy atom. The zero-order valence-electron chi connectivity index (χ0n) is 13.0. The van der Waals surface area contributed by atoms with E-state index >= 15 is 0 Å². The molecular formula is C18H18F2O3. The fourth-order valence-corrected chi connectivity index (χ4v) is 2.10. The number of hydrogen-bond donors (Lipinski definition) is 0. The SMILES string of the molecule is CC(=O)OCCC(C)c1ccc(Oc2ccc(F)cc2F)cc1. The van der Waals surface area contributed by atoms with Gasteiger partial charge in [-0.15, -0.1) is 0 Å². The van der Waals surface area contributed by atoms with Crippen molar-refractivity contribution in [1.82, 2.24) is 0 Å². The molecule has 0 amide bonds. The van der Waals surface area contributed by atoms with Gasteiger partial charge in [0.05, 0.1) is 6.61 Å². The van der Waals surface area contributed by atoms with Crippen LogP contribution in [0, 0.1) is 11.6 Å². The van der Waals surface area contributed by atoms with Crippen molar-refractivity contribution in [1.29, 1.82) is 0 Å². The van der Waals surface area contributed by atoms with Gasteiger partial charge in [-0.1, -0.05) is 19.1 Å². The van der Waals surface area contributed by atoms with Crippen LogP contribution in [0.15, 0.2) is 42.5 Å². The van der Waals surface area contributed by atoms with E-state index in [1.165, 1.54) is 13.0 Å². The van der Waals surface area contributed by atoms with Gasteiger partial charge in [-0.3, -0.25) is 4.79 Å². The van der Waals surface area contributed by atoms with Gasteiger partial charge in [0.25, 0.3) is 0 Å². The number of ether oxygens (including phenoxy) is 2. The van der Waals surface area contributed by atoms with E-state index < -0.39 is 11.6 Å². The predicted octanol–water partition coefficient (Wildman–Crippen LogP) is 4.81. The molecule has 0 aromatic heterocycles. The van der Waals surface area contributed by atoms with Crippen molar-refractivity contribution in [2.75, 3.05) is 6.61 Å². The second-order valence-electron chi connectivity index (χ2n) is 5.28. The fraction of sp³-hybridized carbons (Fsp3) is 0.278. The Kier molecular flexibility index (Phi) is 5.68. The Hall–Kier alpha value is -2.43. The van der Waals surface area contributed by atoms with Crippen LogP contribution in [-0.2, 0) is 9.53 Å². The number of halogens is 2. The molecule has 0 radical (unpaired) electrons. The zero-order chi connectivity index (χ0) is 16.8. The van der Waals surface area contributed by atoms with Crippen molar-refractivity contribution in [3.05, 3.63) is 59.7 Å². The zero-order valence-corrected chi connectivity index (χ0v) is 13.0. The smallest absolute Gasteiger partial charge is 0.302 e. The van der Waals surface area contributed by atoms with Crippen molar-refractivity contribution >= 4 is 5.97 Å². The first-order valence-electron chi connectivity index (χ1n) is 7.32. The van der Waals surface area contributed by atoms with Crippen LogP contribution in [-0.4, -0.2) is 12.6 Å². The van der Waals surface area contributed by atoms with Gasteiger partial charge in [0, 0.05) is 13.0 Å². The number of esters is 1. The number of hydrogen-bond acceptors (Lipinski definition) is 3. The molecule has 0 aliphatic heterocycles. The van der Waals surface area contributed by atoms with Gasteiger partial charge in [0.1, 0.15) is 11.6 Å². The van der Waals surface area contributed by atoms with Gasteiger partial charge in [0.15, 0.2) is 11.6 Å². The third kappa shape index (κ3) is 5.06. The summed E-state index contributed by atoms with van der Waals surface area (Å²) < 4.78 is 36.7. The van der Waals surface area contributed by atoms with Crippen molar-refractivity contribution in [2.24, 2.45) is 0 Å². The lowest BCUT2D eigenvalue weighted by Gasteiger charge is -2.13. The molecule has 122 valence electrons. The second kappa shape index (κ2) is 7.72. The first kappa shape index (κ1) is 16.9. The van der Waals surface area contributed by atoms with E-state index in [0.717, 1.165) is 17.7 Å². The largest absolute Gasteiger partial charge is 0.466 e. The molecule has 2 aromatic rings. The van der Waals surface area contributed by atoms with Crippen LogP contribution in [0.2, 0.25) is 0 Å². The quantitative estimate of drug-likeness (QED) is 0.716. The summed E-state index contributed by atoms with van der Waals surface area (Å²) in [6.07, 6.45) is 0.715. The van der Waals surface area contributed by atoms with Gasteiger partial charge in [-0.25, -0.2) is 8.78 Å².